The molecule has 5 nitrogen and oxygen atoms in total. The van der Waals surface area contributed by atoms with Gasteiger partial charge in [-0.2, -0.15) is 9.97 Å². The molecule has 16 heavy (non-hydrogen) atoms. The largest absolute Gasteiger partial charge is 0.439 e. The number of aryl methyl sites for hydroxylation is 1. The molecule has 0 saturated carbocycles. The zero-order valence-corrected chi connectivity index (χ0v) is 8.84. The number of hydrogen-bond donors (Lipinski definition) is 2. The van der Waals surface area contributed by atoms with E-state index in [1.54, 1.807) is 0 Å². The number of rotatable bonds is 2. The van der Waals surface area contributed by atoms with Crippen molar-refractivity contribution in [2.45, 2.75) is 6.92 Å². The highest BCUT2D eigenvalue weighted by Crippen LogP contribution is 2.21. The molecule has 5 heteroatoms. The molecule has 0 unspecified atom stereocenters. The number of ether oxygens (including phenoxy) is 1. The molecule has 0 fully saturated rings. The van der Waals surface area contributed by atoms with E-state index in [4.69, 9.17) is 16.2 Å². The molecule has 2 aromatic rings. The summed E-state index contributed by atoms with van der Waals surface area (Å²) in [6.07, 6.45) is 0. The molecule has 0 saturated heterocycles. The Kier molecular flexibility index (Phi) is 2.59. The van der Waals surface area contributed by atoms with Crippen molar-refractivity contribution in [2.24, 2.45) is 0 Å². The summed E-state index contributed by atoms with van der Waals surface area (Å²) in [6.45, 7) is 1.98. The number of nitrogens with two attached hydrogens (primary N) is 2. The maximum atomic E-state index is 5.53. The number of nitrogens with zero attached hydrogens (tertiary/aromatic N) is 2. The molecule has 0 aliphatic carbocycles. The van der Waals surface area contributed by atoms with Gasteiger partial charge in [0.1, 0.15) is 11.6 Å². The van der Waals surface area contributed by atoms with E-state index in [2.05, 4.69) is 9.97 Å². The minimum absolute atomic E-state index is 0.0997. The molecule has 0 bridgehead atoms. The van der Waals surface area contributed by atoms with Gasteiger partial charge in [-0.15, -0.1) is 0 Å². The van der Waals surface area contributed by atoms with E-state index >= 15 is 0 Å². The Labute approximate surface area is 93.1 Å². The molecule has 0 spiro atoms. The summed E-state index contributed by atoms with van der Waals surface area (Å²) in [5.74, 6) is 1.42. The third kappa shape index (κ3) is 2.38. The van der Waals surface area contributed by atoms with Crippen molar-refractivity contribution in [1.29, 1.82) is 0 Å². The van der Waals surface area contributed by atoms with Crippen LogP contribution in [0.3, 0.4) is 0 Å². The first kappa shape index (κ1) is 10.2. The molecule has 0 radical (unpaired) electrons. The van der Waals surface area contributed by atoms with E-state index in [0.29, 0.717) is 11.6 Å². The van der Waals surface area contributed by atoms with E-state index in [-0.39, 0.29) is 11.8 Å². The highest BCUT2D eigenvalue weighted by atomic mass is 16.5. The topological polar surface area (TPSA) is 87.0 Å². The lowest BCUT2D eigenvalue weighted by atomic mass is 10.2. The van der Waals surface area contributed by atoms with Crippen molar-refractivity contribution < 1.29 is 4.74 Å². The van der Waals surface area contributed by atoms with Crippen LogP contribution < -0.4 is 16.2 Å². The minimum Gasteiger partial charge on any atom is -0.439 e. The predicted octanol–water partition coefficient (Wildman–Crippen LogP) is 1.74. The standard InChI is InChI=1S/C11H12N4O/c1-7-3-2-4-8(5-7)16-10-6-9(12)14-11(13)15-10/h2-6H,1H3,(H4,12,13,14,15). The van der Waals surface area contributed by atoms with Crippen LogP contribution in [0.15, 0.2) is 30.3 Å². The lowest BCUT2D eigenvalue weighted by Gasteiger charge is -2.06. The lowest BCUT2D eigenvalue weighted by molar-refractivity contribution is 0.463. The molecule has 1 aromatic carbocycles. The Bertz CT molecular complexity index is 493. The summed E-state index contributed by atoms with van der Waals surface area (Å²) < 4.78 is 5.51. The summed E-state index contributed by atoms with van der Waals surface area (Å²) in [5.41, 5.74) is 12.1. The third-order valence-corrected chi connectivity index (χ3v) is 1.95. The Morgan fingerprint density at radius 1 is 1.12 bits per heavy atom. The maximum absolute atomic E-state index is 5.53. The molecule has 1 heterocycles. The van der Waals surface area contributed by atoms with Crippen LogP contribution in [0.5, 0.6) is 11.6 Å². The monoisotopic (exact) mass is 216 g/mol. The van der Waals surface area contributed by atoms with Gasteiger partial charge < -0.3 is 16.2 Å². The Balaban J connectivity index is 2.27. The van der Waals surface area contributed by atoms with Gasteiger partial charge in [-0.1, -0.05) is 12.1 Å². The number of nitrogen functional groups attached to an aromatic ring is 2. The number of anilines is 2. The van der Waals surface area contributed by atoms with Gasteiger partial charge in [0.15, 0.2) is 0 Å². The average Bonchev–Trinajstić information content (AvgIpc) is 2.15. The zero-order valence-electron chi connectivity index (χ0n) is 8.84. The SMILES string of the molecule is Cc1cccc(Oc2cc(N)nc(N)n2)c1. The number of hydrogen-bond acceptors (Lipinski definition) is 5. The summed E-state index contributed by atoms with van der Waals surface area (Å²) in [5, 5.41) is 0. The van der Waals surface area contributed by atoms with Crippen LogP contribution in [0, 0.1) is 6.92 Å². The first-order valence-corrected chi connectivity index (χ1v) is 4.78. The van der Waals surface area contributed by atoms with Crippen LogP contribution in [-0.2, 0) is 0 Å². The van der Waals surface area contributed by atoms with Gasteiger partial charge in [0.25, 0.3) is 0 Å². The predicted molar refractivity (Wildman–Crippen MR) is 62.1 cm³/mol. The Morgan fingerprint density at radius 3 is 2.62 bits per heavy atom. The number of benzene rings is 1. The van der Waals surface area contributed by atoms with Gasteiger partial charge in [0.05, 0.1) is 0 Å². The maximum Gasteiger partial charge on any atom is 0.226 e. The van der Waals surface area contributed by atoms with E-state index in [1.165, 1.54) is 6.07 Å². The van der Waals surface area contributed by atoms with Crippen molar-refractivity contribution in [3.8, 4) is 11.6 Å². The van der Waals surface area contributed by atoms with Crippen molar-refractivity contribution in [1.82, 2.24) is 9.97 Å². The molecular weight excluding hydrogens is 204 g/mol. The fourth-order valence-electron chi connectivity index (χ4n) is 1.31. The quantitative estimate of drug-likeness (QED) is 0.798. The van der Waals surface area contributed by atoms with E-state index in [0.717, 1.165) is 5.56 Å². The smallest absolute Gasteiger partial charge is 0.226 e. The summed E-state index contributed by atoms with van der Waals surface area (Å²) >= 11 is 0. The van der Waals surface area contributed by atoms with Crippen LogP contribution in [0.25, 0.3) is 0 Å². The average molecular weight is 216 g/mol. The second-order valence-electron chi connectivity index (χ2n) is 3.41. The second kappa shape index (κ2) is 4.06. The van der Waals surface area contributed by atoms with Crippen LogP contribution in [-0.4, -0.2) is 9.97 Å². The molecule has 82 valence electrons. The summed E-state index contributed by atoms with van der Waals surface area (Å²) in [6, 6.07) is 9.14. The van der Waals surface area contributed by atoms with Crippen molar-refractivity contribution in [3.05, 3.63) is 35.9 Å². The summed E-state index contributed by atoms with van der Waals surface area (Å²) in [4.78, 5) is 7.68. The highest BCUT2D eigenvalue weighted by Gasteiger charge is 2.02. The van der Waals surface area contributed by atoms with Gasteiger partial charge in [-0.3, -0.25) is 0 Å². The van der Waals surface area contributed by atoms with Gasteiger partial charge in [-0.25, -0.2) is 0 Å². The lowest BCUT2D eigenvalue weighted by Crippen LogP contribution is -2.00. The van der Waals surface area contributed by atoms with Crippen LogP contribution >= 0.6 is 0 Å². The Morgan fingerprint density at radius 2 is 1.94 bits per heavy atom. The van der Waals surface area contributed by atoms with Crippen molar-refractivity contribution >= 4 is 11.8 Å². The van der Waals surface area contributed by atoms with Gasteiger partial charge >= 0.3 is 0 Å². The van der Waals surface area contributed by atoms with Crippen LogP contribution in [0.4, 0.5) is 11.8 Å². The van der Waals surface area contributed by atoms with Gasteiger partial charge in [-0.05, 0) is 24.6 Å². The first-order chi connectivity index (χ1) is 7.63. The molecule has 4 N–H and O–H groups in total. The molecular formula is C11H12N4O. The molecule has 0 aliphatic rings. The second-order valence-corrected chi connectivity index (χ2v) is 3.41. The molecule has 1 aromatic heterocycles. The van der Waals surface area contributed by atoms with Crippen LogP contribution in [0.2, 0.25) is 0 Å². The Hall–Kier alpha value is -2.30. The molecule has 0 atom stereocenters. The van der Waals surface area contributed by atoms with Gasteiger partial charge in [0.2, 0.25) is 11.8 Å². The van der Waals surface area contributed by atoms with E-state index < -0.39 is 0 Å². The van der Waals surface area contributed by atoms with Crippen molar-refractivity contribution in [2.75, 3.05) is 11.5 Å². The normalized spacial score (nSPS) is 10.1. The molecule has 0 amide bonds. The van der Waals surface area contributed by atoms with Gasteiger partial charge in [0, 0.05) is 6.07 Å². The van der Waals surface area contributed by atoms with E-state index in [1.807, 2.05) is 31.2 Å². The third-order valence-electron chi connectivity index (χ3n) is 1.95. The highest BCUT2D eigenvalue weighted by molar-refractivity contribution is 5.40. The molecule has 2 rings (SSSR count). The first-order valence-electron chi connectivity index (χ1n) is 4.78. The van der Waals surface area contributed by atoms with Crippen LogP contribution in [0.1, 0.15) is 5.56 Å². The van der Waals surface area contributed by atoms with Crippen molar-refractivity contribution in [3.63, 3.8) is 0 Å². The summed E-state index contributed by atoms with van der Waals surface area (Å²) in [7, 11) is 0. The zero-order chi connectivity index (χ0) is 11.5. The van der Waals surface area contributed by atoms with E-state index in [9.17, 15) is 0 Å². The number of aromatic nitrogens is 2. The molecule has 0 aliphatic heterocycles. The fraction of sp³-hybridized carbons (Fsp3) is 0.0909. The minimum atomic E-state index is 0.0997. The fourth-order valence-corrected chi connectivity index (χ4v) is 1.31.